The van der Waals surface area contributed by atoms with E-state index in [4.69, 9.17) is 0 Å². The van der Waals surface area contributed by atoms with Gasteiger partial charge in [-0.1, -0.05) is 0 Å². The second kappa shape index (κ2) is 4.17. The number of rotatable bonds is 2. The molecule has 7 heteroatoms. The first-order valence-electron chi connectivity index (χ1n) is 6.05. The molecule has 0 unspecified atom stereocenters. The lowest BCUT2D eigenvalue weighted by Gasteiger charge is -1.96. The predicted octanol–water partition coefficient (Wildman–Crippen LogP) is 1.68. The number of benzene rings is 1. The average Bonchev–Trinajstić information content (AvgIpc) is 2.92. The van der Waals surface area contributed by atoms with Crippen LogP contribution < -0.4 is 0 Å². The van der Waals surface area contributed by atoms with Crippen molar-refractivity contribution in [3.8, 4) is 11.4 Å². The van der Waals surface area contributed by atoms with Crippen molar-refractivity contribution in [1.82, 2.24) is 19.7 Å². The number of H-pyrrole nitrogens is 1. The molecule has 0 amide bonds. The first-order chi connectivity index (χ1) is 9.36. The average molecular weight is 290 g/mol. The molecule has 0 fully saturated rings. The van der Waals surface area contributed by atoms with Crippen molar-refractivity contribution < 1.29 is 8.42 Å². The fourth-order valence-corrected chi connectivity index (χ4v) is 2.73. The van der Waals surface area contributed by atoms with Gasteiger partial charge in [0.05, 0.1) is 27.7 Å². The van der Waals surface area contributed by atoms with Crippen LogP contribution in [0.1, 0.15) is 5.69 Å². The summed E-state index contributed by atoms with van der Waals surface area (Å²) < 4.78 is 24.9. The van der Waals surface area contributed by atoms with E-state index >= 15 is 0 Å². The van der Waals surface area contributed by atoms with Gasteiger partial charge in [0.15, 0.2) is 9.84 Å². The maximum Gasteiger partial charge on any atom is 0.175 e. The molecule has 0 radical (unpaired) electrons. The first-order valence-corrected chi connectivity index (χ1v) is 7.94. The molecular weight excluding hydrogens is 276 g/mol. The number of aryl methyl sites for hydroxylation is 1. The van der Waals surface area contributed by atoms with Gasteiger partial charge in [0, 0.05) is 19.0 Å². The van der Waals surface area contributed by atoms with E-state index in [0.717, 1.165) is 16.8 Å². The summed E-state index contributed by atoms with van der Waals surface area (Å²) in [4.78, 5) is 7.91. The third-order valence-electron chi connectivity index (χ3n) is 3.37. The highest BCUT2D eigenvalue weighted by molar-refractivity contribution is 7.90. The summed E-state index contributed by atoms with van der Waals surface area (Å²) in [6.07, 6.45) is 2.93. The van der Waals surface area contributed by atoms with E-state index < -0.39 is 9.84 Å². The Morgan fingerprint density at radius 1 is 1.30 bits per heavy atom. The normalized spacial score (nSPS) is 12.2. The molecule has 0 atom stereocenters. The molecule has 0 aliphatic rings. The Morgan fingerprint density at radius 2 is 2.05 bits per heavy atom. The highest BCUT2D eigenvalue weighted by Crippen LogP contribution is 2.24. The number of nitrogens with one attached hydrogen (secondary N) is 1. The Morgan fingerprint density at radius 3 is 2.65 bits per heavy atom. The van der Waals surface area contributed by atoms with Crippen LogP contribution in [0.4, 0.5) is 0 Å². The summed E-state index contributed by atoms with van der Waals surface area (Å²) in [5, 5.41) is 4.18. The second-order valence-electron chi connectivity index (χ2n) is 4.80. The Kier molecular flexibility index (Phi) is 2.68. The Hall–Kier alpha value is -2.15. The molecule has 0 saturated heterocycles. The summed E-state index contributed by atoms with van der Waals surface area (Å²) in [6.45, 7) is 1.96. The first kappa shape index (κ1) is 12.9. The van der Waals surface area contributed by atoms with Gasteiger partial charge >= 0.3 is 0 Å². The van der Waals surface area contributed by atoms with Crippen LogP contribution in [-0.4, -0.2) is 34.4 Å². The zero-order chi connectivity index (χ0) is 14.5. The largest absolute Gasteiger partial charge is 0.338 e. The second-order valence-corrected chi connectivity index (χ2v) is 6.82. The maximum atomic E-state index is 11.6. The van der Waals surface area contributed by atoms with Crippen LogP contribution in [0.25, 0.3) is 22.4 Å². The van der Waals surface area contributed by atoms with Crippen molar-refractivity contribution in [2.75, 3.05) is 6.26 Å². The summed E-state index contributed by atoms with van der Waals surface area (Å²) in [5.41, 5.74) is 3.33. The zero-order valence-electron chi connectivity index (χ0n) is 11.4. The smallest absolute Gasteiger partial charge is 0.175 e. The monoisotopic (exact) mass is 290 g/mol. The van der Waals surface area contributed by atoms with Crippen molar-refractivity contribution in [3.05, 3.63) is 30.1 Å². The molecule has 2 heterocycles. The molecule has 2 aromatic heterocycles. The Labute approximate surface area is 116 Å². The molecule has 0 saturated carbocycles. The van der Waals surface area contributed by atoms with Crippen molar-refractivity contribution in [2.45, 2.75) is 11.8 Å². The number of nitrogens with zero attached hydrogens (tertiary/aromatic N) is 3. The van der Waals surface area contributed by atoms with Crippen LogP contribution in [0.15, 0.2) is 29.3 Å². The van der Waals surface area contributed by atoms with Crippen LogP contribution >= 0.6 is 0 Å². The molecule has 0 aliphatic carbocycles. The van der Waals surface area contributed by atoms with Crippen molar-refractivity contribution >= 4 is 20.9 Å². The van der Waals surface area contributed by atoms with E-state index in [2.05, 4.69) is 15.1 Å². The van der Waals surface area contributed by atoms with Crippen molar-refractivity contribution in [1.29, 1.82) is 0 Å². The van der Waals surface area contributed by atoms with Crippen LogP contribution in [-0.2, 0) is 16.9 Å². The number of aromatic nitrogens is 4. The van der Waals surface area contributed by atoms with E-state index in [9.17, 15) is 8.42 Å². The quantitative estimate of drug-likeness (QED) is 0.778. The minimum absolute atomic E-state index is 0.281. The highest BCUT2D eigenvalue weighted by Gasteiger charge is 2.13. The minimum atomic E-state index is -3.22. The number of imidazole rings is 1. The van der Waals surface area contributed by atoms with Gasteiger partial charge in [-0.05, 0) is 25.1 Å². The molecule has 0 spiro atoms. The molecule has 1 aromatic carbocycles. The van der Waals surface area contributed by atoms with Gasteiger partial charge in [0.25, 0.3) is 0 Å². The number of hydrogen-bond acceptors (Lipinski definition) is 4. The summed E-state index contributed by atoms with van der Waals surface area (Å²) in [6, 6.07) is 4.88. The lowest BCUT2D eigenvalue weighted by molar-refractivity contribution is 0.602. The third-order valence-corrected chi connectivity index (χ3v) is 4.48. The number of hydrogen-bond donors (Lipinski definition) is 1. The molecule has 1 N–H and O–H groups in total. The Balaban J connectivity index is 2.19. The number of fused-ring (bicyclic) bond motifs is 1. The number of aromatic amines is 1. The molecule has 3 rings (SSSR count). The highest BCUT2D eigenvalue weighted by atomic mass is 32.2. The van der Waals surface area contributed by atoms with Gasteiger partial charge in [0.2, 0.25) is 0 Å². The predicted molar refractivity (Wildman–Crippen MR) is 76.1 cm³/mol. The molecule has 20 heavy (non-hydrogen) atoms. The fourth-order valence-electron chi connectivity index (χ4n) is 2.08. The standard InChI is InChI=1S/C13H14N4O2S/c1-8-10(7-14-17(8)2)13-15-11-5-4-9(20(3,18)19)6-12(11)16-13/h4-7H,1-3H3,(H,15,16). The van der Waals surface area contributed by atoms with Crippen LogP contribution in [0, 0.1) is 6.92 Å². The minimum Gasteiger partial charge on any atom is -0.338 e. The summed E-state index contributed by atoms with van der Waals surface area (Å²) in [5.74, 6) is 0.691. The van der Waals surface area contributed by atoms with Gasteiger partial charge < -0.3 is 4.98 Å². The number of sulfone groups is 1. The van der Waals surface area contributed by atoms with Gasteiger partial charge in [0.1, 0.15) is 5.82 Å². The lowest BCUT2D eigenvalue weighted by atomic mass is 10.2. The van der Waals surface area contributed by atoms with E-state index in [1.165, 1.54) is 6.26 Å². The SMILES string of the molecule is Cc1c(-c2nc3ccc(S(C)(=O)=O)cc3[nH]2)cnn1C. The van der Waals surface area contributed by atoms with Gasteiger partial charge in [-0.25, -0.2) is 13.4 Å². The van der Waals surface area contributed by atoms with Gasteiger partial charge in [-0.2, -0.15) is 5.10 Å². The van der Waals surface area contributed by atoms with Crippen molar-refractivity contribution in [2.24, 2.45) is 7.05 Å². The van der Waals surface area contributed by atoms with E-state index in [-0.39, 0.29) is 4.90 Å². The lowest BCUT2D eigenvalue weighted by Crippen LogP contribution is -1.96. The van der Waals surface area contributed by atoms with E-state index in [0.29, 0.717) is 11.3 Å². The molecule has 0 aliphatic heterocycles. The van der Waals surface area contributed by atoms with E-state index in [1.807, 2.05) is 14.0 Å². The summed E-state index contributed by atoms with van der Waals surface area (Å²) >= 11 is 0. The van der Waals surface area contributed by atoms with E-state index in [1.54, 1.807) is 29.1 Å². The third kappa shape index (κ3) is 2.00. The zero-order valence-corrected chi connectivity index (χ0v) is 12.2. The van der Waals surface area contributed by atoms with Gasteiger partial charge in [-0.15, -0.1) is 0 Å². The van der Waals surface area contributed by atoms with Crippen LogP contribution in [0.3, 0.4) is 0 Å². The maximum absolute atomic E-state index is 11.6. The molecule has 6 nitrogen and oxygen atoms in total. The van der Waals surface area contributed by atoms with Crippen molar-refractivity contribution in [3.63, 3.8) is 0 Å². The molecule has 104 valence electrons. The fraction of sp³-hybridized carbons (Fsp3) is 0.231. The molecular formula is C13H14N4O2S. The topological polar surface area (TPSA) is 80.6 Å². The van der Waals surface area contributed by atoms with Crippen LogP contribution in [0.5, 0.6) is 0 Å². The molecule has 0 bridgehead atoms. The van der Waals surface area contributed by atoms with Crippen LogP contribution in [0.2, 0.25) is 0 Å². The summed E-state index contributed by atoms with van der Waals surface area (Å²) in [7, 11) is -1.35. The molecule has 3 aromatic rings. The van der Waals surface area contributed by atoms with Gasteiger partial charge in [-0.3, -0.25) is 4.68 Å². The Bertz CT molecular complexity index is 906.